The first-order valence-electron chi connectivity index (χ1n) is 15.6. The Morgan fingerprint density at radius 3 is 2.22 bits per heavy atom. The number of rotatable bonds is 7. The Morgan fingerprint density at radius 2 is 1.48 bits per heavy atom. The van der Waals surface area contributed by atoms with E-state index in [1.807, 2.05) is 24.4 Å². The maximum Gasteiger partial charge on any atom is 2.00 e. The summed E-state index contributed by atoms with van der Waals surface area (Å²) in [6, 6.07) is 38.4. The Hall–Kier alpha value is -4.47. The van der Waals surface area contributed by atoms with Crippen molar-refractivity contribution in [1.29, 1.82) is 0 Å². The van der Waals surface area contributed by atoms with E-state index in [2.05, 4.69) is 136 Å². The second-order valence-electron chi connectivity index (χ2n) is 12.4. The zero-order chi connectivity index (χ0) is 31.2. The number of nitrogens with zero attached hydrogens (tertiary/aromatic N) is 4. The molecule has 0 aliphatic rings. The predicted octanol–water partition coefficient (Wildman–Crippen LogP) is 10.3. The minimum atomic E-state index is 0. The number of para-hydroxylation sites is 1. The Labute approximate surface area is 285 Å². The Morgan fingerprint density at radius 1 is 0.717 bits per heavy atom. The molecule has 0 saturated heterocycles. The van der Waals surface area contributed by atoms with Gasteiger partial charge in [0.1, 0.15) is 5.82 Å². The summed E-state index contributed by atoms with van der Waals surface area (Å²) in [4.78, 5) is 4.70. The van der Waals surface area contributed by atoms with Gasteiger partial charge >= 0.3 is 21.1 Å². The van der Waals surface area contributed by atoms with Crippen molar-refractivity contribution in [2.75, 3.05) is 0 Å². The van der Waals surface area contributed by atoms with E-state index in [-0.39, 0.29) is 32.9 Å². The Balaban J connectivity index is 0.00000372. The van der Waals surface area contributed by atoms with Gasteiger partial charge in [0.05, 0.1) is 11.4 Å². The van der Waals surface area contributed by atoms with E-state index < -0.39 is 0 Å². The van der Waals surface area contributed by atoms with Crippen molar-refractivity contribution in [1.82, 2.24) is 19.3 Å². The van der Waals surface area contributed by atoms with Crippen LogP contribution in [0.15, 0.2) is 97.2 Å². The number of ether oxygens (including phenoxy) is 1. The first-order valence-corrected chi connectivity index (χ1v) is 15.6. The molecule has 0 radical (unpaired) electrons. The van der Waals surface area contributed by atoms with Gasteiger partial charge in [-0.2, -0.15) is 16.7 Å². The molecule has 0 spiro atoms. The molecule has 0 fully saturated rings. The molecule has 3 aromatic heterocycles. The summed E-state index contributed by atoms with van der Waals surface area (Å²) in [5.74, 6) is 2.59. The van der Waals surface area contributed by atoms with Crippen LogP contribution < -0.4 is 4.74 Å². The number of benzene rings is 4. The van der Waals surface area contributed by atoms with Crippen molar-refractivity contribution in [2.24, 2.45) is 0 Å². The quantitative estimate of drug-likeness (QED) is 0.151. The molecule has 0 saturated carbocycles. The summed E-state index contributed by atoms with van der Waals surface area (Å²) in [7, 11) is 0. The van der Waals surface area contributed by atoms with Crippen molar-refractivity contribution in [2.45, 2.75) is 53.4 Å². The minimum absolute atomic E-state index is 0. The molecule has 5 nitrogen and oxygen atoms in total. The van der Waals surface area contributed by atoms with Crippen LogP contribution in [-0.4, -0.2) is 19.3 Å². The fourth-order valence-electron chi connectivity index (χ4n) is 6.23. The second kappa shape index (κ2) is 12.7. The Bertz CT molecular complexity index is 2180. The summed E-state index contributed by atoms with van der Waals surface area (Å²) in [5.41, 5.74) is 9.71. The fraction of sp³-hybridized carbons (Fsp3) is 0.200. The zero-order valence-corrected chi connectivity index (χ0v) is 29.2. The van der Waals surface area contributed by atoms with E-state index >= 15 is 0 Å². The van der Waals surface area contributed by atoms with E-state index in [0.717, 1.165) is 50.1 Å². The molecule has 0 aliphatic carbocycles. The topological polar surface area (TPSA) is 44.9 Å². The Kier molecular flexibility index (Phi) is 8.72. The standard InChI is InChI=1S/C40H36N4O.Pt/c1-25(2)39-38(29-12-8-7-9-13-29)40(26(3)4)44(42-39)30-20-28(6)21-32(23-30)45-31-16-17-34-33-14-10-11-15-35(33)43(36(34)24-31)37-22-27(5)18-19-41-37;/h7-22,25-26H,1-6H3;/q-2;+2. The van der Waals surface area contributed by atoms with E-state index in [1.54, 1.807) is 0 Å². The van der Waals surface area contributed by atoms with E-state index in [4.69, 9.17) is 14.8 Å². The average molecular weight is 784 g/mol. The number of fused-ring (bicyclic) bond motifs is 3. The van der Waals surface area contributed by atoms with Crippen LogP contribution >= 0.6 is 0 Å². The van der Waals surface area contributed by atoms with Crippen molar-refractivity contribution in [3.8, 4) is 34.1 Å². The van der Waals surface area contributed by atoms with Gasteiger partial charge in [-0.25, -0.2) is 4.98 Å². The van der Waals surface area contributed by atoms with Crippen molar-refractivity contribution in [3.63, 3.8) is 0 Å². The zero-order valence-electron chi connectivity index (χ0n) is 26.9. The molecular weight excluding hydrogens is 748 g/mol. The molecule has 0 bridgehead atoms. The SMILES string of the molecule is Cc1cc(Oc2[c-]c3c(cc2)c2ccccc2n3-c2cc(C)ccn2)[c-]c(-n2nc(C(C)C)c(-c3ccccc3)c2C(C)C)c1.[Pt+2]. The van der Waals surface area contributed by atoms with Gasteiger partial charge in [0, 0.05) is 28.8 Å². The summed E-state index contributed by atoms with van der Waals surface area (Å²) in [5, 5.41) is 7.45. The molecule has 3 heterocycles. The number of aryl methyl sites for hydroxylation is 2. The molecule has 6 heteroatoms. The van der Waals surface area contributed by atoms with Crippen molar-refractivity contribution >= 4 is 21.8 Å². The molecule has 0 N–H and O–H groups in total. The molecule has 0 unspecified atom stereocenters. The van der Waals surface area contributed by atoms with Gasteiger partial charge in [-0.15, -0.1) is 35.7 Å². The third-order valence-corrected chi connectivity index (χ3v) is 8.21. The maximum absolute atomic E-state index is 6.52. The van der Waals surface area contributed by atoms with Crippen molar-refractivity contribution in [3.05, 3.63) is 132 Å². The van der Waals surface area contributed by atoms with Crippen molar-refractivity contribution < 1.29 is 25.8 Å². The molecule has 0 aliphatic heterocycles. The first kappa shape index (κ1) is 31.5. The summed E-state index contributed by atoms with van der Waals surface area (Å²) in [6.07, 6.45) is 1.85. The average Bonchev–Trinajstić information content (AvgIpc) is 3.58. The van der Waals surface area contributed by atoms with E-state index in [0.29, 0.717) is 11.5 Å². The number of aromatic nitrogens is 4. The van der Waals surface area contributed by atoms with Gasteiger partial charge in [-0.1, -0.05) is 88.7 Å². The van der Waals surface area contributed by atoms with Gasteiger partial charge < -0.3 is 9.30 Å². The van der Waals surface area contributed by atoms with Crippen LogP contribution in [0.2, 0.25) is 0 Å². The maximum atomic E-state index is 6.52. The van der Waals surface area contributed by atoms with E-state index in [1.165, 1.54) is 16.8 Å². The van der Waals surface area contributed by atoms with E-state index in [9.17, 15) is 0 Å². The monoisotopic (exact) mass is 783 g/mol. The normalized spacial score (nSPS) is 11.5. The first-order chi connectivity index (χ1) is 21.8. The van der Waals surface area contributed by atoms with Crippen LogP contribution in [0.3, 0.4) is 0 Å². The van der Waals surface area contributed by atoms with Crippen LogP contribution in [0.1, 0.15) is 62.0 Å². The van der Waals surface area contributed by atoms with Gasteiger partial charge in [0.25, 0.3) is 0 Å². The van der Waals surface area contributed by atoms with Crippen LogP contribution in [0, 0.1) is 26.0 Å². The minimum Gasteiger partial charge on any atom is -0.509 e. The van der Waals surface area contributed by atoms with Crippen LogP contribution in [0.25, 0.3) is 44.4 Å². The fourth-order valence-corrected chi connectivity index (χ4v) is 6.23. The third kappa shape index (κ3) is 5.69. The molecule has 7 aromatic rings. The van der Waals surface area contributed by atoms with Crippen LogP contribution in [0.5, 0.6) is 11.5 Å². The summed E-state index contributed by atoms with van der Waals surface area (Å²) < 4.78 is 10.7. The molecular formula is C40H36N4OPt. The number of hydrogen-bond donors (Lipinski definition) is 0. The summed E-state index contributed by atoms with van der Waals surface area (Å²) in [6.45, 7) is 13.0. The van der Waals surface area contributed by atoms with Gasteiger partial charge in [-0.3, -0.25) is 4.68 Å². The molecule has 7 rings (SSSR count). The molecule has 232 valence electrons. The molecule has 4 aromatic carbocycles. The van der Waals surface area contributed by atoms with Crippen LogP contribution in [0.4, 0.5) is 0 Å². The molecule has 0 atom stereocenters. The number of pyridine rings is 1. The van der Waals surface area contributed by atoms with Crippen LogP contribution in [-0.2, 0) is 21.1 Å². The predicted molar refractivity (Wildman–Crippen MR) is 183 cm³/mol. The smallest absolute Gasteiger partial charge is 0.509 e. The molecule has 46 heavy (non-hydrogen) atoms. The van der Waals surface area contributed by atoms with Gasteiger partial charge in [0.15, 0.2) is 0 Å². The van der Waals surface area contributed by atoms with Gasteiger partial charge in [-0.05, 0) is 59.2 Å². The van der Waals surface area contributed by atoms with Gasteiger partial charge in [0.2, 0.25) is 0 Å². The number of hydrogen-bond acceptors (Lipinski definition) is 3. The summed E-state index contributed by atoms with van der Waals surface area (Å²) >= 11 is 0. The third-order valence-electron chi connectivity index (χ3n) is 8.21. The molecule has 0 amide bonds. The second-order valence-corrected chi connectivity index (χ2v) is 12.4. The largest absolute Gasteiger partial charge is 2.00 e.